The first-order chi connectivity index (χ1) is 14.9. The van der Waals surface area contributed by atoms with Crippen LogP contribution < -0.4 is 10.1 Å². The van der Waals surface area contributed by atoms with Crippen molar-refractivity contribution in [2.24, 2.45) is 5.41 Å². The maximum Gasteiger partial charge on any atom is 0.226 e. The molecule has 1 atom stereocenters. The number of carbonyl (C=O) groups excluding carboxylic acids is 1. The summed E-state index contributed by atoms with van der Waals surface area (Å²) < 4.78 is 7.23. The van der Waals surface area contributed by atoms with Crippen molar-refractivity contribution in [3.63, 3.8) is 0 Å². The first kappa shape index (κ1) is 19.8. The zero-order valence-electron chi connectivity index (χ0n) is 17.6. The SMILES string of the molecule is COc1cccc([C@H]2C3=C(CC(C)(C)CC3=O)Nc3nc(-c4ccccc4Cl)nn32)c1. The number of fused-ring (bicyclic) bond motifs is 1. The second kappa shape index (κ2) is 7.24. The zero-order chi connectivity index (χ0) is 21.8. The number of ketones is 1. The highest BCUT2D eigenvalue weighted by Gasteiger charge is 2.42. The second-order valence-corrected chi connectivity index (χ2v) is 9.23. The van der Waals surface area contributed by atoms with E-state index in [4.69, 9.17) is 26.4 Å². The van der Waals surface area contributed by atoms with E-state index in [0.717, 1.165) is 34.6 Å². The van der Waals surface area contributed by atoms with E-state index in [-0.39, 0.29) is 17.2 Å². The van der Waals surface area contributed by atoms with E-state index in [1.54, 1.807) is 11.8 Å². The summed E-state index contributed by atoms with van der Waals surface area (Å²) in [6.07, 6.45) is 1.26. The first-order valence-electron chi connectivity index (χ1n) is 10.2. The average Bonchev–Trinajstić information content (AvgIpc) is 3.15. The molecule has 6 nitrogen and oxygen atoms in total. The summed E-state index contributed by atoms with van der Waals surface area (Å²) in [4.78, 5) is 18.1. The molecular formula is C24H23ClN4O2. The van der Waals surface area contributed by atoms with Gasteiger partial charge in [0.1, 0.15) is 11.8 Å². The number of nitrogens with one attached hydrogen (secondary N) is 1. The number of Topliss-reactive ketones (excluding diaryl/α,β-unsaturated/α-hetero) is 1. The predicted molar refractivity (Wildman–Crippen MR) is 120 cm³/mol. The van der Waals surface area contributed by atoms with Crippen LogP contribution in [0, 0.1) is 5.41 Å². The maximum absolute atomic E-state index is 13.3. The van der Waals surface area contributed by atoms with Gasteiger partial charge in [0.05, 0.1) is 12.1 Å². The van der Waals surface area contributed by atoms with E-state index in [9.17, 15) is 4.79 Å². The number of halogens is 1. The van der Waals surface area contributed by atoms with Gasteiger partial charge in [0.15, 0.2) is 11.6 Å². The van der Waals surface area contributed by atoms with Crippen molar-refractivity contribution in [1.29, 1.82) is 0 Å². The van der Waals surface area contributed by atoms with Gasteiger partial charge in [0.2, 0.25) is 5.95 Å². The van der Waals surface area contributed by atoms with Crippen LogP contribution in [0.2, 0.25) is 5.02 Å². The topological polar surface area (TPSA) is 69.0 Å². The minimum atomic E-state index is -0.381. The number of allylic oxidation sites excluding steroid dienone is 2. The third kappa shape index (κ3) is 3.41. The highest BCUT2D eigenvalue weighted by molar-refractivity contribution is 6.33. The quantitative estimate of drug-likeness (QED) is 0.608. The molecule has 5 rings (SSSR count). The van der Waals surface area contributed by atoms with E-state index in [1.165, 1.54) is 0 Å². The summed E-state index contributed by atoms with van der Waals surface area (Å²) in [5, 5.41) is 8.77. The molecule has 2 aliphatic rings. The largest absolute Gasteiger partial charge is 0.497 e. The van der Waals surface area contributed by atoms with Crippen molar-refractivity contribution >= 4 is 23.3 Å². The van der Waals surface area contributed by atoms with E-state index in [1.807, 2.05) is 48.5 Å². The number of hydrogen-bond acceptors (Lipinski definition) is 5. The number of rotatable bonds is 3. The summed E-state index contributed by atoms with van der Waals surface area (Å²) in [6.45, 7) is 4.23. The lowest BCUT2D eigenvalue weighted by atomic mass is 9.73. The van der Waals surface area contributed by atoms with Crippen LogP contribution in [0.15, 0.2) is 59.8 Å². The highest BCUT2D eigenvalue weighted by atomic mass is 35.5. The first-order valence-corrected chi connectivity index (χ1v) is 10.6. The molecular weight excluding hydrogens is 412 g/mol. The average molecular weight is 435 g/mol. The molecule has 0 fully saturated rings. The molecule has 0 unspecified atom stereocenters. The van der Waals surface area contributed by atoms with Gasteiger partial charge in [-0.1, -0.05) is 49.7 Å². The minimum Gasteiger partial charge on any atom is -0.497 e. The molecule has 3 aromatic rings. The summed E-state index contributed by atoms with van der Waals surface area (Å²) in [5.41, 5.74) is 3.23. The van der Waals surface area contributed by atoms with Crippen LogP contribution in [0.25, 0.3) is 11.4 Å². The van der Waals surface area contributed by atoms with Crippen LogP contribution >= 0.6 is 11.6 Å². The van der Waals surface area contributed by atoms with Crippen LogP contribution in [0.3, 0.4) is 0 Å². The Morgan fingerprint density at radius 1 is 1.16 bits per heavy atom. The summed E-state index contributed by atoms with van der Waals surface area (Å²) in [6, 6.07) is 14.9. The van der Waals surface area contributed by atoms with E-state index < -0.39 is 0 Å². The lowest BCUT2D eigenvalue weighted by Crippen LogP contribution is -2.36. The Balaban J connectivity index is 1.70. The van der Waals surface area contributed by atoms with E-state index in [0.29, 0.717) is 23.2 Å². The Morgan fingerprint density at radius 2 is 1.97 bits per heavy atom. The van der Waals surface area contributed by atoms with Gasteiger partial charge >= 0.3 is 0 Å². The number of benzene rings is 2. The van der Waals surface area contributed by atoms with Gasteiger partial charge in [-0.05, 0) is 41.7 Å². The van der Waals surface area contributed by atoms with Crippen LogP contribution in [0.5, 0.6) is 5.75 Å². The molecule has 1 N–H and O–H groups in total. The van der Waals surface area contributed by atoms with E-state index in [2.05, 4.69) is 19.2 Å². The smallest absolute Gasteiger partial charge is 0.226 e. The molecule has 2 aromatic carbocycles. The second-order valence-electron chi connectivity index (χ2n) is 8.82. The van der Waals surface area contributed by atoms with Crippen LogP contribution in [-0.2, 0) is 4.79 Å². The molecule has 2 heterocycles. The maximum atomic E-state index is 13.3. The standard InChI is InChI=1S/C24H23ClN4O2/c1-24(2)12-18-20(19(30)13-24)21(14-7-6-8-15(11-14)31-3)29-23(26-18)27-22(28-29)16-9-4-5-10-17(16)25/h4-11,21H,12-13H2,1-3H3,(H,26,27,28)/t21-/m0/s1. The van der Waals surface area contributed by atoms with Gasteiger partial charge in [-0.25, -0.2) is 4.68 Å². The fourth-order valence-electron chi connectivity index (χ4n) is 4.49. The Morgan fingerprint density at radius 3 is 2.74 bits per heavy atom. The van der Waals surface area contributed by atoms with Crippen molar-refractivity contribution in [3.8, 4) is 17.1 Å². The fraction of sp³-hybridized carbons (Fsp3) is 0.292. The number of methoxy groups -OCH3 is 1. The number of carbonyl (C=O) groups is 1. The van der Waals surface area contributed by atoms with Gasteiger partial charge < -0.3 is 10.1 Å². The van der Waals surface area contributed by atoms with Crippen molar-refractivity contribution in [1.82, 2.24) is 14.8 Å². The monoisotopic (exact) mass is 434 g/mol. The summed E-state index contributed by atoms with van der Waals surface area (Å²) in [5.74, 6) is 1.99. The Labute approximate surface area is 185 Å². The van der Waals surface area contributed by atoms with Crippen LogP contribution in [-0.4, -0.2) is 27.7 Å². The van der Waals surface area contributed by atoms with E-state index >= 15 is 0 Å². The number of hydrogen-bond donors (Lipinski definition) is 1. The predicted octanol–water partition coefficient (Wildman–Crippen LogP) is 5.27. The minimum absolute atomic E-state index is 0.115. The molecule has 0 radical (unpaired) electrons. The lowest BCUT2D eigenvalue weighted by molar-refractivity contribution is -0.118. The fourth-order valence-corrected chi connectivity index (χ4v) is 4.71. The Bertz CT molecular complexity index is 1230. The molecule has 1 aliphatic carbocycles. The van der Waals surface area contributed by atoms with Crippen LogP contribution in [0.1, 0.15) is 38.3 Å². The lowest BCUT2D eigenvalue weighted by Gasteiger charge is -2.38. The zero-order valence-corrected chi connectivity index (χ0v) is 18.4. The molecule has 0 saturated carbocycles. The van der Waals surface area contributed by atoms with Crippen molar-refractivity contribution in [3.05, 3.63) is 70.4 Å². The molecule has 0 amide bonds. The molecule has 1 aromatic heterocycles. The number of nitrogens with zero attached hydrogens (tertiary/aromatic N) is 3. The van der Waals surface area contributed by atoms with Crippen molar-refractivity contribution in [2.45, 2.75) is 32.7 Å². The summed E-state index contributed by atoms with van der Waals surface area (Å²) >= 11 is 6.41. The molecule has 31 heavy (non-hydrogen) atoms. The van der Waals surface area contributed by atoms with Gasteiger partial charge in [-0.2, -0.15) is 4.98 Å². The molecule has 7 heteroatoms. The highest BCUT2D eigenvalue weighted by Crippen LogP contribution is 2.46. The van der Waals surface area contributed by atoms with Gasteiger partial charge in [-0.15, -0.1) is 5.10 Å². The van der Waals surface area contributed by atoms with Gasteiger partial charge in [-0.3, -0.25) is 4.79 Å². The number of ether oxygens (including phenoxy) is 1. The molecule has 158 valence electrons. The Kier molecular flexibility index (Phi) is 4.63. The molecule has 0 bridgehead atoms. The van der Waals surface area contributed by atoms with Crippen molar-refractivity contribution in [2.75, 3.05) is 12.4 Å². The van der Waals surface area contributed by atoms with Crippen LogP contribution in [0.4, 0.5) is 5.95 Å². The molecule has 1 aliphatic heterocycles. The Hall–Kier alpha value is -3.12. The van der Waals surface area contributed by atoms with Gasteiger partial charge in [0, 0.05) is 23.3 Å². The third-order valence-corrected chi connectivity index (χ3v) is 6.19. The number of aromatic nitrogens is 3. The number of anilines is 1. The normalized spacial score (nSPS) is 19.5. The van der Waals surface area contributed by atoms with Crippen molar-refractivity contribution < 1.29 is 9.53 Å². The molecule has 0 spiro atoms. The summed E-state index contributed by atoms with van der Waals surface area (Å²) in [7, 11) is 1.64. The van der Waals surface area contributed by atoms with Gasteiger partial charge in [0.25, 0.3) is 0 Å². The third-order valence-electron chi connectivity index (χ3n) is 5.86. The molecule has 0 saturated heterocycles.